The molecule has 0 aliphatic rings. The van der Waals surface area contributed by atoms with Crippen LogP contribution in [0.2, 0.25) is 0 Å². The SMILES string of the molecule is CCN(CCO)CCOCCOCCCCOCCO. The summed E-state index contributed by atoms with van der Waals surface area (Å²) in [6, 6.07) is 0. The summed E-state index contributed by atoms with van der Waals surface area (Å²) in [6.07, 6.45) is 1.92. The van der Waals surface area contributed by atoms with E-state index >= 15 is 0 Å². The van der Waals surface area contributed by atoms with Crippen LogP contribution in [0.25, 0.3) is 0 Å². The fourth-order valence-corrected chi connectivity index (χ4v) is 1.66. The highest BCUT2D eigenvalue weighted by Crippen LogP contribution is 1.92. The molecule has 0 aromatic carbocycles. The number of hydrogen-bond donors (Lipinski definition) is 2. The van der Waals surface area contributed by atoms with Crippen molar-refractivity contribution in [2.75, 3.05) is 72.5 Å². The first-order valence-corrected chi connectivity index (χ1v) is 7.52. The van der Waals surface area contributed by atoms with E-state index in [1.165, 1.54) is 0 Å². The Labute approximate surface area is 122 Å². The van der Waals surface area contributed by atoms with E-state index in [0.717, 1.165) is 32.5 Å². The van der Waals surface area contributed by atoms with Crippen molar-refractivity contribution in [3.63, 3.8) is 0 Å². The van der Waals surface area contributed by atoms with E-state index in [4.69, 9.17) is 24.4 Å². The molecule has 0 aromatic heterocycles. The molecule has 0 saturated carbocycles. The molecule has 6 nitrogen and oxygen atoms in total. The molecule has 0 heterocycles. The van der Waals surface area contributed by atoms with E-state index < -0.39 is 0 Å². The lowest BCUT2D eigenvalue weighted by atomic mass is 10.3. The zero-order valence-electron chi connectivity index (χ0n) is 12.8. The molecule has 0 atom stereocenters. The third kappa shape index (κ3) is 14.2. The molecule has 0 rings (SSSR count). The first kappa shape index (κ1) is 19.8. The Morgan fingerprint density at radius 1 is 0.700 bits per heavy atom. The summed E-state index contributed by atoms with van der Waals surface area (Å²) in [7, 11) is 0. The van der Waals surface area contributed by atoms with Crippen LogP contribution >= 0.6 is 0 Å². The van der Waals surface area contributed by atoms with Crippen LogP contribution in [0.3, 0.4) is 0 Å². The highest BCUT2D eigenvalue weighted by atomic mass is 16.5. The molecule has 122 valence electrons. The van der Waals surface area contributed by atoms with Crippen molar-refractivity contribution in [3.05, 3.63) is 0 Å². The highest BCUT2D eigenvalue weighted by Gasteiger charge is 2.00. The van der Waals surface area contributed by atoms with Crippen LogP contribution in [0, 0.1) is 0 Å². The van der Waals surface area contributed by atoms with Crippen LogP contribution < -0.4 is 0 Å². The molecular weight excluding hydrogens is 262 g/mol. The van der Waals surface area contributed by atoms with Gasteiger partial charge >= 0.3 is 0 Å². The summed E-state index contributed by atoms with van der Waals surface area (Å²) < 4.78 is 16.1. The average Bonchev–Trinajstić information content (AvgIpc) is 2.47. The molecule has 0 aliphatic heterocycles. The lowest BCUT2D eigenvalue weighted by Crippen LogP contribution is -2.30. The average molecular weight is 293 g/mol. The van der Waals surface area contributed by atoms with Gasteiger partial charge in [-0.3, -0.25) is 4.90 Å². The standard InChI is InChI=1S/C14H31NO5/c1-2-15(5-7-16)6-11-20-14-13-19-10-4-3-9-18-12-8-17/h16-17H,2-14H2,1H3. The molecule has 0 spiro atoms. The Balaban J connectivity index is 3.09. The highest BCUT2D eigenvalue weighted by molar-refractivity contribution is 4.52. The van der Waals surface area contributed by atoms with Crippen LogP contribution in [0.4, 0.5) is 0 Å². The van der Waals surface area contributed by atoms with Gasteiger partial charge < -0.3 is 24.4 Å². The number of unbranched alkanes of at least 4 members (excludes halogenated alkanes) is 1. The third-order valence-electron chi connectivity index (χ3n) is 2.85. The lowest BCUT2D eigenvalue weighted by Gasteiger charge is -2.18. The minimum absolute atomic E-state index is 0.0849. The van der Waals surface area contributed by atoms with Gasteiger partial charge in [0, 0.05) is 26.3 Å². The summed E-state index contributed by atoms with van der Waals surface area (Å²) in [5, 5.41) is 17.3. The molecule has 0 saturated heterocycles. The second-order valence-corrected chi connectivity index (χ2v) is 4.43. The maximum atomic E-state index is 8.84. The van der Waals surface area contributed by atoms with E-state index in [2.05, 4.69) is 11.8 Å². The van der Waals surface area contributed by atoms with Crippen molar-refractivity contribution >= 4 is 0 Å². The molecule has 0 aromatic rings. The molecule has 0 aliphatic carbocycles. The zero-order valence-corrected chi connectivity index (χ0v) is 12.8. The first-order valence-electron chi connectivity index (χ1n) is 7.52. The molecule has 6 heteroatoms. The summed E-state index contributed by atoms with van der Waals surface area (Å²) >= 11 is 0. The molecular formula is C14H31NO5. The van der Waals surface area contributed by atoms with Gasteiger partial charge in [-0.2, -0.15) is 0 Å². The van der Waals surface area contributed by atoms with E-state index in [0.29, 0.717) is 39.6 Å². The van der Waals surface area contributed by atoms with E-state index in [9.17, 15) is 0 Å². The van der Waals surface area contributed by atoms with Crippen LogP contribution in [-0.2, 0) is 14.2 Å². The topological polar surface area (TPSA) is 71.4 Å². The van der Waals surface area contributed by atoms with Gasteiger partial charge in [-0.15, -0.1) is 0 Å². The van der Waals surface area contributed by atoms with Crippen molar-refractivity contribution in [1.82, 2.24) is 4.90 Å². The minimum atomic E-state index is 0.0849. The Kier molecular flexibility index (Phi) is 16.6. The van der Waals surface area contributed by atoms with Gasteiger partial charge in [-0.25, -0.2) is 0 Å². The van der Waals surface area contributed by atoms with Crippen molar-refractivity contribution in [2.24, 2.45) is 0 Å². The maximum Gasteiger partial charge on any atom is 0.0701 e. The van der Waals surface area contributed by atoms with Gasteiger partial charge in [0.15, 0.2) is 0 Å². The Morgan fingerprint density at radius 3 is 1.85 bits per heavy atom. The number of likely N-dealkylation sites (N-methyl/N-ethyl adjacent to an activating group) is 1. The van der Waals surface area contributed by atoms with Gasteiger partial charge in [-0.05, 0) is 19.4 Å². The van der Waals surface area contributed by atoms with E-state index in [1.54, 1.807) is 0 Å². The summed E-state index contributed by atoms with van der Waals surface area (Å²) in [5.41, 5.74) is 0. The maximum absolute atomic E-state index is 8.84. The molecule has 0 radical (unpaired) electrons. The monoisotopic (exact) mass is 293 g/mol. The molecule has 0 amide bonds. The number of ether oxygens (including phenoxy) is 3. The molecule has 20 heavy (non-hydrogen) atoms. The number of hydrogen-bond acceptors (Lipinski definition) is 6. The predicted molar refractivity (Wildman–Crippen MR) is 78.0 cm³/mol. The van der Waals surface area contributed by atoms with Gasteiger partial charge in [0.05, 0.1) is 39.6 Å². The zero-order chi connectivity index (χ0) is 14.9. The molecule has 0 unspecified atom stereocenters. The second kappa shape index (κ2) is 16.8. The summed E-state index contributed by atoms with van der Waals surface area (Å²) in [6.45, 7) is 8.54. The van der Waals surface area contributed by atoms with Crippen molar-refractivity contribution in [2.45, 2.75) is 19.8 Å². The van der Waals surface area contributed by atoms with Crippen LogP contribution in [-0.4, -0.2) is 87.6 Å². The molecule has 0 bridgehead atoms. The number of aliphatic hydroxyl groups excluding tert-OH is 2. The lowest BCUT2D eigenvalue weighted by molar-refractivity contribution is 0.0330. The molecule has 2 N–H and O–H groups in total. The first-order chi connectivity index (χ1) is 9.85. The summed E-state index contributed by atoms with van der Waals surface area (Å²) in [4.78, 5) is 2.15. The third-order valence-corrected chi connectivity index (χ3v) is 2.85. The minimum Gasteiger partial charge on any atom is -0.395 e. The van der Waals surface area contributed by atoms with Gasteiger partial charge in [0.25, 0.3) is 0 Å². The van der Waals surface area contributed by atoms with Crippen LogP contribution in [0.5, 0.6) is 0 Å². The van der Waals surface area contributed by atoms with Crippen LogP contribution in [0.1, 0.15) is 19.8 Å². The van der Waals surface area contributed by atoms with E-state index in [1.807, 2.05) is 0 Å². The van der Waals surface area contributed by atoms with Crippen molar-refractivity contribution in [1.29, 1.82) is 0 Å². The van der Waals surface area contributed by atoms with Crippen molar-refractivity contribution < 1.29 is 24.4 Å². The normalized spacial score (nSPS) is 11.4. The number of rotatable bonds is 16. The Hall–Kier alpha value is -0.240. The largest absolute Gasteiger partial charge is 0.395 e. The fraction of sp³-hybridized carbons (Fsp3) is 1.00. The smallest absolute Gasteiger partial charge is 0.0701 e. The van der Waals surface area contributed by atoms with Gasteiger partial charge in [0.1, 0.15) is 0 Å². The number of aliphatic hydroxyl groups is 2. The summed E-state index contributed by atoms with van der Waals surface area (Å²) in [5.74, 6) is 0. The van der Waals surface area contributed by atoms with Gasteiger partial charge in [-0.1, -0.05) is 6.92 Å². The van der Waals surface area contributed by atoms with Crippen LogP contribution in [0.15, 0.2) is 0 Å². The molecule has 0 fully saturated rings. The second-order valence-electron chi connectivity index (χ2n) is 4.43. The predicted octanol–water partition coefficient (Wildman–Crippen LogP) is 0.123. The number of nitrogens with zero attached hydrogens (tertiary/aromatic N) is 1. The Morgan fingerprint density at radius 2 is 1.30 bits per heavy atom. The van der Waals surface area contributed by atoms with Crippen molar-refractivity contribution in [3.8, 4) is 0 Å². The quantitative estimate of drug-likeness (QED) is 0.394. The van der Waals surface area contributed by atoms with Gasteiger partial charge in [0.2, 0.25) is 0 Å². The van der Waals surface area contributed by atoms with E-state index in [-0.39, 0.29) is 13.2 Å². The fourth-order valence-electron chi connectivity index (χ4n) is 1.66. The Bertz CT molecular complexity index is 183.